The Morgan fingerprint density at radius 2 is 1.78 bits per heavy atom. The van der Waals surface area contributed by atoms with Gasteiger partial charge in [0, 0.05) is 34.3 Å². The highest BCUT2D eigenvalue weighted by Gasteiger charge is 2.23. The summed E-state index contributed by atoms with van der Waals surface area (Å²) < 4.78 is 13.0. The van der Waals surface area contributed by atoms with Crippen LogP contribution in [0.3, 0.4) is 0 Å². The van der Waals surface area contributed by atoms with Crippen molar-refractivity contribution in [3.05, 3.63) is 77.4 Å². The number of phenols is 1. The molecule has 1 atom stereocenters. The van der Waals surface area contributed by atoms with Gasteiger partial charge in [0.15, 0.2) is 0 Å². The van der Waals surface area contributed by atoms with Gasteiger partial charge in [0.05, 0.1) is 13.7 Å². The molecule has 6 rings (SSSR count). The molecular formula is C34H40N2O4S. The van der Waals surface area contributed by atoms with Crippen LogP contribution in [-0.2, 0) is 13.0 Å². The van der Waals surface area contributed by atoms with E-state index in [0.29, 0.717) is 6.61 Å². The van der Waals surface area contributed by atoms with Gasteiger partial charge in [0.25, 0.3) is 0 Å². The largest absolute Gasteiger partial charge is 0.508 e. The number of aliphatic hydroxyl groups excluding tert-OH is 1. The highest BCUT2D eigenvalue weighted by Crippen LogP contribution is 2.42. The predicted octanol–water partition coefficient (Wildman–Crippen LogP) is 6.30. The van der Waals surface area contributed by atoms with Crippen molar-refractivity contribution in [3.8, 4) is 27.7 Å². The Balaban J connectivity index is 1.22. The first-order valence-corrected chi connectivity index (χ1v) is 15.6. The summed E-state index contributed by atoms with van der Waals surface area (Å²) in [6, 6.07) is 21.0. The molecule has 216 valence electrons. The van der Waals surface area contributed by atoms with Gasteiger partial charge in [0.2, 0.25) is 0 Å². The van der Waals surface area contributed by atoms with E-state index in [9.17, 15) is 10.2 Å². The van der Waals surface area contributed by atoms with Crippen LogP contribution >= 0.6 is 11.3 Å². The molecule has 0 saturated carbocycles. The predicted molar refractivity (Wildman–Crippen MR) is 166 cm³/mol. The van der Waals surface area contributed by atoms with Gasteiger partial charge in [-0.15, -0.1) is 11.3 Å². The number of hydrogen-bond acceptors (Lipinski definition) is 7. The molecule has 2 N–H and O–H groups in total. The number of aromatic hydroxyl groups is 1. The molecule has 7 heteroatoms. The molecule has 1 aromatic heterocycles. The number of phenolic OH excluding ortho intramolecular Hbond substituents is 1. The van der Waals surface area contributed by atoms with E-state index >= 15 is 0 Å². The molecule has 4 aromatic rings. The summed E-state index contributed by atoms with van der Waals surface area (Å²) in [4.78, 5) is 6.03. The summed E-state index contributed by atoms with van der Waals surface area (Å²) >= 11 is 1.72. The normalized spacial score (nSPS) is 18.0. The smallest absolute Gasteiger partial charge is 0.123 e. The van der Waals surface area contributed by atoms with E-state index < -0.39 is 0 Å². The van der Waals surface area contributed by atoms with Gasteiger partial charge in [-0.2, -0.15) is 0 Å². The summed E-state index contributed by atoms with van der Waals surface area (Å²) in [5.41, 5.74) is 4.86. The molecule has 2 saturated heterocycles. The van der Waals surface area contributed by atoms with Crippen molar-refractivity contribution in [1.29, 1.82) is 0 Å². The van der Waals surface area contributed by atoms with Crippen LogP contribution in [0.2, 0.25) is 0 Å². The topological polar surface area (TPSA) is 65.4 Å². The molecule has 0 aliphatic carbocycles. The van der Waals surface area contributed by atoms with Crippen LogP contribution in [0.4, 0.5) is 0 Å². The number of nitrogens with zero attached hydrogens (tertiary/aromatic N) is 2. The van der Waals surface area contributed by atoms with Crippen molar-refractivity contribution in [2.45, 2.75) is 44.7 Å². The maximum absolute atomic E-state index is 10.2. The van der Waals surface area contributed by atoms with Crippen LogP contribution in [0.25, 0.3) is 20.5 Å². The number of methoxy groups -OCH3 is 1. The van der Waals surface area contributed by atoms with Crippen LogP contribution in [0, 0.1) is 0 Å². The Kier molecular flexibility index (Phi) is 8.77. The molecule has 0 radical (unpaired) electrons. The van der Waals surface area contributed by atoms with Crippen molar-refractivity contribution >= 4 is 21.4 Å². The highest BCUT2D eigenvalue weighted by atomic mass is 32.1. The maximum Gasteiger partial charge on any atom is 0.123 e. The molecule has 41 heavy (non-hydrogen) atoms. The number of ether oxygens (including phenoxy) is 2. The fourth-order valence-electron chi connectivity index (χ4n) is 6.34. The van der Waals surface area contributed by atoms with E-state index in [-0.39, 0.29) is 18.4 Å². The summed E-state index contributed by atoms with van der Waals surface area (Å²) in [6.45, 7) is 5.95. The highest BCUT2D eigenvalue weighted by molar-refractivity contribution is 7.22. The van der Waals surface area contributed by atoms with Crippen molar-refractivity contribution in [2.75, 3.05) is 46.5 Å². The van der Waals surface area contributed by atoms with Crippen molar-refractivity contribution in [1.82, 2.24) is 9.80 Å². The molecule has 0 amide bonds. The summed E-state index contributed by atoms with van der Waals surface area (Å²) in [6.07, 6.45) is 5.54. The van der Waals surface area contributed by atoms with Crippen molar-refractivity contribution in [3.63, 3.8) is 0 Å². The zero-order valence-corrected chi connectivity index (χ0v) is 24.7. The van der Waals surface area contributed by atoms with Gasteiger partial charge >= 0.3 is 0 Å². The third-order valence-electron chi connectivity index (χ3n) is 8.58. The number of aliphatic hydroxyl groups is 1. The lowest BCUT2D eigenvalue weighted by Crippen LogP contribution is -2.35. The fraction of sp³-hybridized carbons (Fsp3) is 0.412. The molecule has 2 aliphatic rings. The third-order valence-corrected chi connectivity index (χ3v) is 9.82. The SMILES string of the molecule is COc1cc(Cc2c(-c3ccc(OCCN4CCC[C@H]4CO)cc3)sc3cc(O)ccc23)ccc1CN1CCCC1. The second-order valence-electron chi connectivity index (χ2n) is 11.3. The summed E-state index contributed by atoms with van der Waals surface area (Å²) in [7, 11) is 1.76. The van der Waals surface area contributed by atoms with Crippen molar-refractivity contribution < 1.29 is 19.7 Å². The lowest BCUT2D eigenvalue weighted by atomic mass is 9.97. The van der Waals surface area contributed by atoms with Gasteiger partial charge in [-0.25, -0.2) is 0 Å². The average Bonchev–Trinajstić information content (AvgIpc) is 3.75. The second-order valence-corrected chi connectivity index (χ2v) is 12.3. The first-order valence-electron chi connectivity index (χ1n) is 14.8. The monoisotopic (exact) mass is 572 g/mol. The summed E-state index contributed by atoms with van der Waals surface area (Å²) in [5.74, 6) is 2.09. The van der Waals surface area contributed by atoms with Gasteiger partial charge in [0.1, 0.15) is 23.9 Å². The first kappa shape index (κ1) is 28.0. The van der Waals surface area contributed by atoms with E-state index in [1.54, 1.807) is 24.5 Å². The molecule has 3 aromatic carbocycles. The van der Waals surface area contributed by atoms with E-state index in [0.717, 1.165) is 73.7 Å². The van der Waals surface area contributed by atoms with E-state index in [1.807, 2.05) is 24.3 Å². The van der Waals surface area contributed by atoms with E-state index in [4.69, 9.17) is 9.47 Å². The van der Waals surface area contributed by atoms with Gasteiger partial charge < -0.3 is 19.7 Å². The van der Waals surface area contributed by atoms with Gasteiger partial charge in [-0.1, -0.05) is 12.1 Å². The minimum Gasteiger partial charge on any atom is -0.508 e. The summed E-state index contributed by atoms with van der Waals surface area (Å²) in [5, 5.41) is 20.9. The third kappa shape index (κ3) is 6.38. The Hall–Kier alpha value is -3.10. The number of benzene rings is 3. The molecular weight excluding hydrogens is 532 g/mol. The zero-order valence-electron chi connectivity index (χ0n) is 23.8. The average molecular weight is 573 g/mol. The van der Waals surface area contributed by atoms with Crippen LogP contribution in [0.15, 0.2) is 60.7 Å². The minimum absolute atomic E-state index is 0.222. The van der Waals surface area contributed by atoms with Gasteiger partial charge in [-0.05, 0) is 122 Å². The Morgan fingerprint density at radius 3 is 2.56 bits per heavy atom. The standard InChI is InChI=1S/C34H40N2O4S/c1-39-32-20-24(6-7-26(32)22-35-14-2-3-15-35)19-31-30-13-10-28(38)21-33(30)41-34(31)25-8-11-29(12-9-25)40-18-17-36-16-4-5-27(36)23-37/h6-13,20-21,27,37-38H,2-5,14-19,22-23H2,1H3/t27-/m0/s1. The molecule has 0 unspecified atom stereocenters. The van der Waals surface area contributed by atoms with Crippen LogP contribution in [0.5, 0.6) is 17.2 Å². The lowest BCUT2D eigenvalue weighted by Gasteiger charge is -2.22. The maximum atomic E-state index is 10.2. The zero-order chi connectivity index (χ0) is 28.2. The molecule has 0 spiro atoms. The number of fused-ring (bicyclic) bond motifs is 1. The Morgan fingerprint density at radius 1 is 0.951 bits per heavy atom. The van der Waals surface area contributed by atoms with Crippen molar-refractivity contribution in [2.24, 2.45) is 0 Å². The number of rotatable bonds is 11. The van der Waals surface area contributed by atoms with Crippen LogP contribution < -0.4 is 9.47 Å². The molecule has 2 fully saturated rings. The van der Waals surface area contributed by atoms with E-state index in [1.165, 1.54) is 39.8 Å². The molecule has 6 nitrogen and oxygen atoms in total. The molecule has 0 bridgehead atoms. The Labute approximate surface area is 246 Å². The van der Waals surface area contributed by atoms with Gasteiger partial charge in [-0.3, -0.25) is 9.80 Å². The number of likely N-dealkylation sites (tertiary alicyclic amines) is 2. The second kappa shape index (κ2) is 12.8. The number of thiophene rings is 1. The fourth-order valence-corrected chi connectivity index (χ4v) is 7.60. The Bertz CT molecular complexity index is 1460. The van der Waals surface area contributed by atoms with E-state index in [2.05, 4.69) is 40.1 Å². The lowest BCUT2D eigenvalue weighted by molar-refractivity contribution is 0.139. The quantitative estimate of drug-likeness (QED) is 0.220. The number of hydrogen-bond donors (Lipinski definition) is 2. The molecule has 2 aliphatic heterocycles. The molecule has 3 heterocycles. The minimum atomic E-state index is 0.222. The van der Waals surface area contributed by atoms with Crippen LogP contribution in [-0.4, -0.2) is 72.6 Å². The van der Waals surface area contributed by atoms with Crippen LogP contribution in [0.1, 0.15) is 42.4 Å². The first-order chi connectivity index (χ1) is 20.1.